The van der Waals surface area contributed by atoms with E-state index in [2.05, 4.69) is 12.7 Å². The standard InChI is InChI=1S/C11H18O2.CH2O2/c1-5-11(4,13-9-12)8-6-7-10(2)3;2-1-3/h5,7,9H,1,6,8H2,2-4H3;1H,(H,2,3). The summed E-state index contributed by atoms with van der Waals surface area (Å²) in [5.74, 6) is 0. The first-order valence-electron chi connectivity index (χ1n) is 4.92. The van der Waals surface area contributed by atoms with Crippen molar-refractivity contribution in [1.29, 1.82) is 0 Å². The fraction of sp³-hybridized carbons (Fsp3) is 0.500. The van der Waals surface area contributed by atoms with E-state index in [4.69, 9.17) is 14.6 Å². The molecule has 16 heavy (non-hydrogen) atoms. The average molecular weight is 228 g/mol. The molecule has 0 aliphatic rings. The molecule has 0 saturated heterocycles. The van der Waals surface area contributed by atoms with E-state index in [1.165, 1.54) is 5.57 Å². The third-order valence-electron chi connectivity index (χ3n) is 1.94. The van der Waals surface area contributed by atoms with Gasteiger partial charge in [-0.2, -0.15) is 0 Å². The molecule has 0 saturated carbocycles. The van der Waals surface area contributed by atoms with Crippen LogP contribution in [0.4, 0.5) is 0 Å². The highest BCUT2D eigenvalue weighted by Gasteiger charge is 2.19. The molecule has 0 spiro atoms. The molecule has 92 valence electrons. The van der Waals surface area contributed by atoms with Crippen molar-refractivity contribution >= 4 is 12.9 Å². The summed E-state index contributed by atoms with van der Waals surface area (Å²) >= 11 is 0. The summed E-state index contributed by atoms with van der Waals surface area (Å²) in [5, 5.41) is 6.89. The summed E-state index contributed by atoms with van der Waals surface area (Å²) in [5.41, 5.74) is 0.755. The van der Waals surface area contributed by atoms with E-state index >= 15 is 0 Å². The van der Waals surface area contributed by atoms with Gasteiger partial charge in [0.15, 0.2) is 0 Å². The Bertz CT molecular complexity index is 241. The lowest BCUT2D eigenvalue weighted by atomic mass is 9.99. The Morgan fingerprint density at radius 2 is 1.94 bits per heavy atom. The van der Waals surface area contributed by atoms with Crippen LogP contribution < -0.4 is 0 Å². The van der Waals surface area contributed by atoms with Gasteiger partial charge in [-0.1, -0.05) is 18.2 Å². The van der Waals surface area contributed by atoms with Crippen LogP contribution in [0, 0.1) is 0 Å². The number of carboxylic acid groups (broad SMARTS) is 1. The van der Waals surface area contributed by atoms with Crippen LogP contribution in [0.1, 0.15) is 33.6 Å². The highest BCUT2D eigenvalue weighted by Crippen LogP contribution is 2.18. The van der Waals surface area contributed by atoms with Crippen molar-refractivity contribution in [3.8, 4) is 0 Å². The molecule has 0 bridgehead atoms. The van der Waals surface area contributed by atoms with Crippen LogP contribution in [-0.4, -0.2) is 23.7 Å². The average Bonchev–Trinajstić information content (AvgIpc) is 2.19. The van der Waals surface area contributed by atoms with Crippen LogP contribution in [0.25, 0.3) is 0 Å². The highest BCUT2D eigenvalue weighted by atomic mass is 16.5. The first kappa shape index (κ1) is 16.8. The molecule has 0 aromatic heterocycles. The number of carbonyl (C=O) groups excluding carboxylic acids is 1. The summed E-state index contributed by atoms with van der Waals surface area (Å²) in [6.45, 7) is 9.82. The van der Waals surface area contributed by atoms with E-state index in [1.807, 2.05) is 20.8 Å². The second kappa shape index (κ2) is 9.96. The Labute approximate surface area is 96.6 Å². The Morgan fingerprint density at radius 1 is 1.44 bits per heavy atom. The molecular formula is C12H20O4. The van der Waals surface area contributed by atoms with Gasteiger partial charge in [-0.25, -0.2) is 0 Å². The smallest absolute Gasteiger partial charge is 0.293 e. The first-order valence-corrected chi connectivity index (χ1v) is 4.92. The maximum atomic E-state index is 10.2. The van der Waals surface area contributed by atoms with Gasteiger partial charge in [0.05, 0.1) is 0 Å². The minimum atomic E-state index is -0.520. The van der Waals surface area contributed by atoms with Gasteiger partial charge in [-0.3, -0.25) is 9.59 Å². The number of allylic oxidation sites excluding steroid dienone is 2. The second-order valence-electron chi connectivity index (χ2n) is 3.66. The SMILES string of the molecule is C=CC(C)(CCC=C(C)C)OC=O.O=CO. The van der Waals surface area contributed by atoms with Gasteiger partial charge in [0, 0.05) is 0 Å². The number of hydrogen-bond donors (Lipinski definition) is 1. The van der Waals surface area contributed by atoms with Crippen LogP contribution in [-0.2, 0) is 14.3 Å². The minimum Gasteiger partial charge on any atom is -0.483 e. The van der Waals surface area contributed by atoms with Crippen molar-refractivity contribution in [1.82, 2.24) is 0 Å². The summed E-state index contributed by atoms with van der Waals surface area (Å²) in [7, 11) is 0. The zero-order chi connectivity index (χ0) is 13.0. The predicted octanol–water partition coefficient (Wildman–Crippen LogP) is 2.55. The van der Waals surface area contributed by atoms with Crippen molar-refractivity contribution in [3.63, 3.8) is 0 Å². The van der Waals surface area contributed by atoms with Crippen LogP contribution >= 0.6 is 0 Å². The van der Waals surface area contributed by atoms with Crippen LogP contribution in [0.2, 0.25) is 0 Å². The van der Waals surface area contributed by atoms with Crippen molar-refractivity contribution in [3.05, 3.63) is 24.3 Å². The molecule has 0 rings (SSSR count). The summed E-state index contributed by atoms with van der Waals surface area (Å²) in [6, 6.07) is 0. The third-order valence-corrected chi connectivity index (χ3v) is 1.94. The third kappa shape index (κ3) is 10.5. The van der Waals surface area contributed by atoms with Crippen molar-refractivity contribution in [2.24, 2.45) is 0 Å². The molecule has 0 aliphatic heterocycles. The predicted molar refractivity (Wildman–Crippen MR) is 63.1 cm³/mol. The van der Waals surface area contributed by atoms with Gasteiger partial charge in [0.25, 0.3) is 12.9 Å². The monoisotopic (exact) mass is 228 g/mol. The maximum absolute atomic E-state index is 10.2. The van der Waals surface area contributed by atoms with Crippen LogP contribution in [0.3, 0.4) is 0 Å². The van der Waals surface area contributed by atoms with E-state index in [0.29, 0.717) is 6.47 Å². The molecule has 0 amide bonds. The lowest BCUT2D eigenvalue weighted by Gasteiger charge is -2.22. The molecule has 4 heteroatoms. The first-order chi connectivity index (χ1) is 7.45. The summed E-state index contributed by atoms with van der Waals surface area (Å²) in [4.78, 5) is 18.6. The van der Waals surface area contributed by atoms with Crippen molar-refractivity contribution in [2.45, 2.75) is 39.2 Å². The molecule has 0 aromatic rings. The molecule has 1 atom stereocenters. The number of hydrogen-bond acceptors (Lipinski definition) is 3. The Balaban J connectivity index is 0. The number of ether oxygens (including phenoxy) is 1. The van der Waals surface area contributed by atoms with E-state index in [-0.39, 0.29) is 6.47 Å². The Morgan fingerprint density at radius 3 is 2.25 bits per heavy atom. The topological polar surface area (TPSA) is 63.6 Å². The zero-order valence-corrected chi connectivity index (χ0v) is 10.1. The summed E-state index contributed by atoms with van der Waals surface area (Å²) < 4.78 is 4.93. The van der Waals surface area contributed by atoms with Gasteiger partial charge in [-0.15, -0.1) is 0 Å². The maximum Gasteiger partial charge on any atom is 0.293 e. The molecule has 1 N–H and O–H groups in total. The van der Waals surface area contributed by atoms with Gasteiger partial charge in [-0.05, 0) is 39.7 Å². The van der Waals surface area contributed by atoms with E-state index in [0.717, 1.165) is 12.8 Å². The molecule has 4 nitrogen and oxygen atoms in total. The van der Waals surface area contributed by atoms with E-state index in [1.54, 1.807) is 6.08 Å². The molecular weight excluding hydrogens is 208 g/mol. The number of carbonyl (C=O) groups is 2. The molecule has 0 fully saturated rings. The largest absolute Gasteiger partial charge is 0.483 e. The lowest BCUT2D eigenvalue weighted by molar-refractivity contribution is -0.138. The highest BCUT2D eigenvalue weighted by molar-refractivity contribution is 5.39. The quantitative estimate of drug-likeness (QED) is 0.560. The lowest BCUT2D eigenvalue weighted by Crippen LogP contribution is -2.24. The Hall–Kier alpha value is -1.58. The van der Waals surface area contributed by atoms with Crippen molar-refractivity contribution in [2.75, 3.05) is 0 Å². The van der Waals surface area contributed by atoms with E-state index in [9.17, 15) is 4.79 Å². The molecule has 0 aromatic carbocycles. The normalized spacial score (nSPS) is 12.2. The Kier molecular flexibility index (Phi) is 10.5. The molecule has 0 heterocycles. The summed E-state index contributed by atoms with van der Waals surface area (Å²) in [6.07, 6.45) is 5.47. The number of rotatable bonds is 6. The fourth-order valence-corrected chi connectivity index (χ4v) is 0.966. The van der Waals surface area contributed by atoms with Crippen LogP contribution in [0.15, 0.2) is 24.3 Å². The van der Waals surface area contributed by atoms with Crippen LogP contribution in [0.5, 0.6) is 0 Å². The zero-order valence-electron chi connectivity index (χ0n) is 10.1. The molecule has 0 radical (unpaired) electrons. The second-order valence-corrected chi connectivity index (χ2v) is 3.66. The van der Waals surface area contributed by atoms with Gasteiger partial charge in [0.2, 0.25) is 0 Å². The van der Waals surface area contributed by atoms with Gasteiger partial charge < -0.3 is 9.84 Å². The van der Waals surface area contributed by atoms with Gasteiger partial charge in [0.1, 0.15) is 5.60 Å². The van der Waals surface area contributed by atoms with Crippen molar-refractivity contribution < 1.29 is 19.4 Å². The van der Waals surface area contributed by atoms with E-state index < -0.39 is 5.60 Å². The fourth-order valence-electron chi connectivity index (χ4n) is 0.966. The van der Waals surface area contributed by atoms with Gasteiger partial charge >= 0.3 is 0 Å². The minimum absolute atomic E-state index is 0.250. The molecule has 0 aliphatic carbocycles. The molecule has 1 unspecified atom stereocenters.